The first-order valence-electron chi connectivity index (χ1n) is 10.4. The van der Waals surface area contributed by atoms with Gasteiger partial charge in [-0.05, 0) is 38.7 Å². The molecule has 2 aromatic carbocycles. The van der Waals surface area contributed by atoms with Crippen LogP contribution < -0.4 is 10.1 Å². The summed E-state index contributed by atoms with van der Waals surface area (Å²) < 4.78 is 20.5. The van der Waals surface area contributed by atoms with Crippen molar-refractivity contribution in [3.8, 4) is 5.75 Å². The minimum atomic E-state index is -1.10. The van der Waals surface area contributed by atoms with E-state index in [0.29, 0.717) is 22.5 Å². The van der Waals surface area contributed by atoms with Gasteiger partial charge in [0.1, 0.15) is 28.9 Å². The van der Waals surface area contributed by atoms with Crippen molar-refractivity contribution in [1.82, 2.24) is 14.9 Å². The maximum atomic E-state index is 13.6. The molecule has 4 rings (SSSR count). The third-order valence-electron chi connectivity index (χ3n) is 5.10. The number of carboxylic acids is 1. The third-order valence-corrected chi connectivity index (χ3v) is 6.01. The zero-order chi connectivity index (χ0) is 24.4. The maximum absolute atomic E-state index is 13.6. The van der Waals surface area contributed by atoms with Gasteiger partial charge in [-0.2, -0.15) is 0 Å². The Morgan fingerprint density at radius 2 is 1.97 bits per heavy atom. The lowest BCUT2D eigenvalue weighted by atomic mass is 10.1. The standard InChI is InChI=1S/C24H23FN4O4S/c1-13-16(25)11-17(26-13)22(30)28-24-27-21-18(9-15(23(31)32)10-20(21)34-24)33-19(12-29(2)3)14-7-5-4-6-8-14/h4-11,19,26H,12H2,1-3H3,(H,31,32)(H,27,28,30). The number of aromatic carboxylic acids is 1. The van der Waals surface area contributed by atoms with Gasteiger partial charge in [0, 0.05) is 18.3 Å². The molecular formula is C24H23FN4O4S. The fraction of sp³-hybridized carbons (Fsp3) is 0.208. The van der Waals surface area contributed by atoms with Crippen molar-refractivity contribution in [3.63, 3.8) is 0 Å². The van der Waals surface area contributed by atoms with Gasteiger partial charge in [0.25, 0.3) is 5.91 Å². The summed E-state index contributed by atoms with van der Waals surface area (Å²) in [6.45, 7) is 2.08. The molecular weight excluding hydrogens is 459 g/mol. The highest BCUT2D eigenvalue weighted by Gasteiger charge is 2.21. The molecule has 0 spiro atoms. The highest BCUT2D eigenvalue weighted by molar-refractivity contribution is 7.22. The van der Waals surface area contributed by atoms with Crippen molar-refractivity contribution in [3.05, 3.63) is 76.9 Å². The van der Waals surface area contributed by atoms with Gasteiger partial charge < -0.3 is 19.7 Å². The van der Waals surface area contributed by atoms with Crippen molar-refractivity contribution in [2.45, 2.75) is 13.0 Å². The molecule has 4 aromatic rings. The van der Waals surface area contributed by atoms with E-state index < -0.39 is 17.7 Å². The van der Waals surface area contributed by atoms with Crippen molar-refractivity contribution in [2.75, 3.05) is 26.0 Å². The number of thiazole rings is 1. The van der Waals surface area contributed by atoms with Crippen LogP contribution in [0.4, 0.5) is 9.52 Å². The number of anilines is 1. The molecule has 1 amide bonds. The molecule has 176 valence electrons. The second-order valence-electron chi connectivity index (χ2n) is 8.03. The summed E-state index contributed by atoms with van der Waals surface area (Å²) in [6, 6.07) is 13.6. The summed E-state index contributed by atoms with van der Waals surface area (Å²) in [7, 11) is 3.84. The molecule has 3 N–H and O–H groups in total. The number of benzene rings is 2. The minimum Gasteiger partial charge on any atom is -0.482 e. The molecule has 2 aromatic heterocycles. The SMILES string of the molecule is Cc1[nH]c(C(=O)Nc2nc3c(OC(CN(C)C)c4ccccc4)cc(C(=O)O)cc3s2)cc1F. The summed E-state index contributed by atoms with van der Waals surface area (Å²) in [5, 5.41) is 12.5. The van der Waals surface area contributed by atoms with E-state index in [-0.39, 0.29) is 28.2 Å². The number of nitrogens with one attached hydrogen (secondary N) is 2. The van der Waals surface area contributed by atoms with Gasteiger partial charge in [-0.3, -0.25) is 10.1 Å². The number of likely N-dealkylation sites (N-methyl/N-ethyl adjacent to an activating group) is 1. The summed E-state index contributed by atoms with van der Waals surface area (Å²) in [6.07, 6.45) is -0.381. The summed E-state index contributed by atoms with van der Waals surface area (Å²) >= 11 is 1.11. The maximum Gasteiger partial charge on any atom is 0.335 e. The average Bonchev–Trinajstić information content (AvgIpc) is 3.35. The summed E-state index contributed by atoms with van der Waals surface area (Å²) in [5.41, 5.74) is 1.72. The molecule has 0 aliphatic heterocycles. The predicted octanol–water partition coefficient (Wildman–Crippen LogP) is 4.70. The Labute approximate surface area is 199 Å². The number of aryl methyl sites for hydroxylation is 1. The number of ether oxygens (including phenoxy) is 1. The van der Waals surface area contributed by atoms with E-state index in [1.54, 1.807) is 0 Å². The first-order valence-corrected chi connectivity index (χ1v) is 11.2. The quantitative estimate of drug-likeness (QED) is 0.336. The van der Waals surface area contributed by atoms with Crippen LogP contribution in [0.5, 0.6) is 5.75 Å². The average molecular weight is 483 g/mol. The molecule has 2 heterocycles. The number of aromatic amines is 1. The van der Waals surface area contributed by atoms with Crippen molar-refractivity contribution >= 4 is 38.6 Å². The van der Waals surface area contributed by atoms with Gasteiger partial charge in [0.15, 0.2) is 5.13 Å². The number of H-pyrrole nitrogens is 1. The van der Waals surface area contributed by atoms with Crippen LogP contribution in [-0.2, 0) is 0 Å². The number of carboxylic acid groups (broad SMARTS) is 1. The Kier molecular flexibility index (Phi) is 6.62. The molecule has 0 bridgehead atoms. The monoisotopic (exact) mass is 482 g/mol. The fourth-order valence-corrected chi connectivity index (χ4v) is 4.37. The first kappa shape index (κ1) is 23.4. The molecule has 0 saturated carbocycles. The number of amides is 1. The van der Waals surface area contributed by atoms with E-state index in [9.17, 15) is 19.1 Å². The molecule has 0 aliphatic rings. The highest BCUT2D eigenvalue weighted by Crippen LogP contribution is 2.36. The van der Waals surface area contributed by atoms with Gasteiger partial charge in [0.05, 0.1) is 10.3 Å². The van der Waals surface area contributed by atoms with Crippen molar-refractivity contribution < 1.29 is 23.8 Å². The van der Waals surface area contributed by atoms with Crippen LogP contribution in [0.25, 0.3) is 10.2 Å². The Bertz CT molecular complexity index is 1330. The third kappa shape index (κ3) is 5.08. The van der Waals surface area contributed by atoms with Gasteiger partial charge in [-0.1, -0.05) is 41.7 Å². The van der Waals surface area contributed by atoms with Gasteiger partial charge in [-0.25, -0.2) is 14.2 Å². The van der Waals surface area contributed by atoms with Gasteiger partial charge >= 0.3 is 5.97 Å². The molecule has 0 radical (unpaired) electrons. The Hall–Kier alpha value is -3.76. The number of carbonyl (C=O) groups excluding carboxylic acids is 1. The van der Waals surface area contributed by atoms with E-state index >= 15 is 0 Å². The van der Waals surface area contributed by atoms with Crippen LogP contribution in [0.3, 0.4) is 0 Å². The molecule has 8 nitrogen and oxygen atoms in total. The van der Waals surface area contributed by atoms with Crippen LogP contribution in [0.1, 0.15) is 38.2 Å². The normalized spacial score (nSPS) is 12.1. The number of halogens is 1. The molecule has 0 aliphatic carbocycles. The lowest BCUT2D eigenvalue weighted by Gasteiger charge is -2.23. The smallest absolute Gasteiger partial charge is 0.335 e. The van der Waals surface area contributed by atoms with E-state index in [4.69, 9.17) is 4.74 Å². The molecule has 0 fully saturated rings. The van der Waals surface area contributed by atoms with Gasteiger partial charge in [0.2, 0.25) is 0 Å². The summed E-state index contributed by atoms with van der Waals surface area (Å²) in [4.78, 5) is 33.4. The molecule has 1 unspecified atom stereocenters. The zero-order valence-electron chi connectivity index (χ0n) is 18.8. The van der Waals surface area contributed by atoms with E-state index in [0.717, 1.165) is 23.0 Å². The number of fused-ring (bicyclic) bond motifs is 1. The van der Waals surface area contributed by atoms with Crippen molar-refractivity contribution in [2.24, 2.45) is 0 Å². The summed E-state index contributed by atoms with van der Waals surface area (Å²) in [5.74, 6) is -1.87. The zero-order valence-corrected chi connectivity index (χ0v) is 19.6. The lowest BCUT2D eigenvalue weighted by Crippen LogP contribution is -2.24. The number of rotatable bonds is 8. The largest absolute Gasteiger partial charge is 0.482 e. The highest BCUT2D eigenvalue weighted by atomic mass is 32.1. The van der Waals surface area contributed by atoms with E-state index in [1.165, 1.54) is 19.1 Å². The number of carbonyl (C=O) groups is 2. The van der Waals surface area contributed by atoms with Crippen LogP contribution >= 0.6 is 11.3 Å². The Morgan fingerprint density at radius 3 is 2.59 bits per heavy atom. The Morgan fingerprint density at radius 1 is 1.24 bits per heavy atom. The fourth-order valence-electron chi connectivity index (χ4n) is 3.45. The Balaban J connectivity index is 1.71. The number of hydrogen-bond donors (Lipinski definition) is 3. The van der Waals surface area contributed by atoms with Crippen LogP contribution in [0, 0.1) is 12.7 Å². The number of aromatic nitrogens is 2. The number of hydrogen-bond acceptors (Lipinski definition) is 6. The number of nitrogens with zero attached hydrogens (tertiary/aromatic N) is 2. The van der Waals surface area contributed by atoms with Gasteiger partial charge in [-0.15, -0.1) is 0 Å². The van der Waals surface area contributed by atoms with Crippen LogP contribution in [0.15, 0.2) is 48.5 Å². The first-order chi connectivity index (χ1) is 16.2. The van der Waals surface area contributed by atoms with Crippen LogP contribution in [0.2, 0.25) is 0 Å². The lowest BCUT2D eigenvalue weighted by molar-refractivity contribution is 0.0695. The van der Waals surface area contributed by atoms with Crippen LogP contribution in [-0.4, -0.2) is 52.5 Å². The molecule has 1 atom stereocenters. The second-order valence-corrected chi connectivity index (χ2v) is 9.07. The predicted molar refractivity (Wildman–Crippen MR) is 128 cm³/mol. The topological polar surface area (TPSA) is 108 Å². The second kappa shape index (κ2) is 9.62. The molecule has 34 heavy (non-hydrogen) atoms. The van der Waals surface area contributed by atoms with E-state index in [1.807, 2.05) is 49.3 Å². The molecule has 0 saturated heterocycles. The minimum absolute atomic E-state index is 0.0442. The molecule has 10 heteroatoms. The van der Waals surface area contributed by atoms with E-state index in [2.05, 4.69) is 15.3 Å². The van der Waals surface area contributed by atoms with Crippen molar-refractivity contribution in [1.29, 1.82) is 0 Å².